The van der Waals surface area contributed by atoms with E-state index in [1.165, 1.54) is 0 Å². The zero-order valence-corrected chi connectivity index (χ0v) is 6.96. The predicted molar refractivity (Wildman–Crippen MR) is 41.7 cm³/mol. The van der Waals surface area contributed by atoms with Gasteiger partial charge in [0.2, 0.25) is 0 Å². The molecule has 4 nitrogen and oxygen atoms in total. The number of rotatable bonds is 5. The molecule has 0 saturated heterocycles. The lowest BCUT2D eigenvalue weighted by Crippen LogP contribution is -2.31. The van der Waals surface area contributed by atoms with Crippen LogP contribution in [0, 0.1) is 0 Å². The second-order valence-corrected chi connectivity index (χ2v) is 2.34. The molecule has 0 aliphatic heterocycles. The maximum absolute atomic E-state index is 10.1. The molecule has 0 spiro atoms. The van der Waals surface area contributed by atoms with Crippen molar-refractivity contribution in [2.24, 2.45) is 0 Å². The van der Waals surface area contributed by atoms with Crippen LogP contribution in [0.3, 0.4) is 0 Å². The SMILES string of the molecule is CCOCCC(C)NC(=O)O. The molecule has 0 radical (unpaired) electrons. The van der Waals surface area contributed by atoms with Crippen molar-refractivity contribution in [2.45, 2.75) is 26.3 Å². The van der Waals surface area contributed by atoms with Crippen molar-refractivity contribution in [2.75, 3.05) is 13.2 Å². The summed E-state index contributed by atoms with van der Waals surface area (Å²) in [7, 11) is 0. The third-order valence-corrected chi connectivity index (χ3v) is 1.27. The molecular formula is C7H15NO3. The third kappa shape index (κ3) is 7.12. The Kier molecular flexibility index (Phi) is 5.56. The molecule has 0 aromatic heterocycles. The van der Waals surface area contributed by atoms with E-state index in [-0.39, 0.29) is 6.04 Å². The van der Waals surface area contributed by atoms with Gasteiger partial charge in [0, 0.05) is 19.3 Å². The molecule has 0 saturated carbocycles. The first-order valence-corrected chi connectivity index (χ1v) is 3.74. The monoisotopic (exact) mass is 161 g/mol. The van der Waals surface area contributed by atoms with Gasteiger partial charge in [-0.05, 0) is 20.3 Å². The van der Waals surface area contributed by atoms with Crippen LogP contribution in [0.25, 0.3) is 0 Å². The van der Waals surface area contributed by atoms with Crippen LogP contribution in [0.1, 0.15) is 20.3 Å². The predicted octanol–water partition coefficient (Wildman–Crippen LogP) is 1.07. The van der Waals surface area contributed by atoms with Crippen LogP contribution in [0.4, 0.5) is 4.79 Å². The van der Waals surface area contributed by atoms with E-state index in [9.17, 15) is 4.79 Å². The molecule has 4 heteroatoms. The minimum Gasteiger partial charge on any atom is -0.465 e. The van der Waals surface area contributed by atoms with Gasteiger partial charge in [-0.1, -0.05) is 0 Å². The van der Waals surface area contributed by atoms with Crippen LogP contribution in [-0.4, -0.2) is 30.5 Å². The van der Waals surface area contributed by atoms with Gasteiger partial charge < -0.3 is 15.2 Å². The summed E-state index contributed by atoms with van der Waals surface area (Å²) in [5, 5.41) is 10.6. The maximum Gasteiger partial charge on any atom is 0.404 e. The van der Waals surface area contributed by atoms with Gasteiger partial charge in [0.1, 0.15) is 0 Å². The molecule has 1 amide bonds. The molecule has 0 aromatic rings. The molecule has 0 aliphatic carbocycles. The highest BCUT2D eigenvalue weighted by atomic mass is 16.5. The molecule has 0 bridgehead atoms. The minimum atomic E-state index is -0.978. The average Bonchev–Trinajstić information content (AvgIpc) is 1.86. The number of hydrogen-bond acceptors (Lipinski definition) is 2. The lowest BCUT2D eigenvalue weighted by molar-refractivity contribution is 0.136. The number of ether oxygens (including phenoxy) is 1. The van der Waals surface area contributed by atoms with Crippen LogP contribution < -0.4 is 5.32 Å². The van der Waals surface area contributed by atoms with E-state index in [2.05, 4.69) is 5.32 Å². The Bertz CT molecular complexity index is 116. The molecule has 0 fully saturated rings. The number of hydrogen-bond donors (Lipinski definition) is 2. The van der Waals surface area contributed by atoms with Crippen molar-refractivity contribution in [1.29, 1.82) is 0 Å². The fourth-order valence-electron chi connectivity index (χ4n) is 0.687. The van der Waals surface area contributed by atoms with E-state index in [1.807, 2.05) is 13.8 Å². The van der Waals surface area contributed by atoms with Crippen LogP contribution in [0.5, 0.6) is 0 Å². The van der Waals surface area contributed by atoms with E-state index in [1.54, 1.807) is 0 Å². The van der Waals surface area contributed by atoms with E-state index in [0.29, 0.717) is 13.2 Å². The van der Waals surface area contributed by atoms with Gasteiger partial charge in [-0.2, -0.15) is 0 Å². The van der Waals surface area contributed by atoms with Crippen molar-refractivity contribution in [3.8, 4) is 0 Å². The van der Waals surface area contributed by atoms with Crippen molar-refractivity contribution in [3.63, 3.8) is 0 Å². The molecule has 0 rings (SSSR count). The topological polar surface area (TPSA) is 58.6 Å². The Morgan fingerprint density at radius 1 is 1.73 bits per heavy atom. The van der Waals surface area contributed by atoms with Gasteiger partial charge in [-0.3, -0.25) is 0 Å². The number of amides is 1. The largest absolute Gasteiger partial charge is 0.465 e. The summed E-state index contributed by atoms with van der Waals surface area (Å²) in [6, 6.07) is -0.0287. The van der Waals surface area contributed by atoms with E-state index >= 15 is 0 Å². The summed E-state index contributed by atoms with van der Waals surface area (Å²) in [5.74, 6) is 0. The Labute approximate surface area is 66.5 Å². The maximum atomic E-state index is 10.1. The van der Waals surface area contributed by atoms with E-state index < -0.39 is 6.09 Å². The van der Waals surface area contributed by atoms with Crippen molar-refractivity contribution < 1.29 is 14.6 Å². The van der Waals surface area contributed by atoms with Gasteiger partial charge in [0.25, 0.3) is 0 Å². The van der Waals surface area contributed by atoms with Gasteiger partial charge in [0.05, 0.1) is 0 Å². The van der Waals surface area contributed by atoms with Gasteiger partial charge in [0.15, 0.2) is 0 Å². The molecule has 0 heterocycles. The molecule has 2 N–H and O–H groups in total. The summed E-state index contributed by atoms with van der Waals surface area (Å²) in [6.07, 6.45) is -0.255. The summed E-state index contributed by atoms with van der Waals surface area (Å²) in [6.45, 7) is 5.01. The molecular weight excluding hydrogens is 146 g/mol. The van der Waals surface area contributed by atoms with Crippen molar-refractivity contribution in [1.82, 2.24) is 5.32 Å². The molecule has 1 atom stereocenters. The van der Waals surface area contributed by atoms with Crippen LogP contribution in [0.15, 0.2) is 0 Å². The Morgan fingerprint density at radius 3 is 2.82 bits per heavy atom. The average molecular weight is 161 g/mol. The molecule has 11 heavy (non-hydrogen) atoms. The first kappa shape index (κ1) is 10.2. The van der Waals surface area contributed by atoms with Gasteiger partial charge in [-0.25, -0.2) is 4.79 Å². The van der Waals surface area contributed by atoms with E-state index in [4.69, 9.17) is 9.84 Å². The zero-order valence-electron chi connectivity index (χ0n) is 6.96. The molecule has 0 aromatic carbocycles. The third-order valence-electron chi connectivity index (χ3n) is 1.27. The highest BCUT2D eigenvalue weighted by molar-refractivity contribution is 5.64. The fraction of sp³-hybridized carbons (Fsp3) is 0.857. The Hall–Kier alpha value is -0.770. The zero-order chi connectivity index (χ0) is 8.69. The molecule has 0 aliphatic rings. The smallest absolute Gasteiger partial charge is 0.404 e. The normalized spacial score (nSPS) is 12.5. The summed E-state index contributed by atoms with van der Waals surface area (Å²) >= 11 is 0. The number of nitrogens with one attached hydrogen (secondary N) is 1. The van der Waals surface area contributed by atoms with Gasteiger partial charge in [-0.15, -0.1) is 0 Å². The van der Waals surface area contributed by atoms with E-state index in [0.717, 1.165) is 6.42 Å². The van der Waals surface area contributed by atoms with Crippen LogP contribution in [0.2, 0.25) is 0 Å². The minimum absolute atomic E-state index is 0.0287. The van der Waals surface area contributed by atoms with Crippen molar-refractivity contribution >= 4 is 6.09 Å². The number of carboxylic acid groups (broad SMARTS) is 1. The highest BCUT2D eigenvalue weighted by Gasteiger charge is 2.03. The second-order valence-electron chi connectivity index (χ2n) is 2.34. The summed E-state index contributed by atoms with van der Waals surface area (Å²) in [5.41, 5.74) is 0. The first-order chi connectivity index (χ1) is 5.16. The van der Waals surface area contributed by atoms with Gasteiger partial charge >= 0.3 is 6.09 Å². The summed E-state index contributed by atoms with van der Waals surface area (Å²) in [4.78, 5) is 10.1. The lowest BCUT2D eigenvalue weighted by atomic mass is 10.2. The van der Waals surface area contributed by atoms with Crippen LogP contribution >= 0.6 is 0 Å². The second kappa shape index (κ2) is 5.97. The fourth-order valence-corrected chi connectivity index (χ4v) is 0.687. The molecule has 66 valence electrons. The summed E-state index contributed by atoms with van der Waals surface area (Å²) < 4.78 is 5.05. The molecule has 1 unspecified atom stereocenters. The van der Waals surface area contributed by atoms with Crippen LogP contribution in [-0.2, 0) is 4.74 Å². The quantitative estimate of drug-likeness (QED) is 0.593. The van der Waals surface area contributed by atoms with Crippen molar-refractivity contribution in [3.05, 3.63) is 0 Å². The Balaban J connectivity index is 3.22. The Morgan fingerprint density at radius 2 is 2.36 bits per heavy atom. The highest BCUT2D eigenvalue weighted by Crippen LogP contribution is 1.90. The number of carbonyl (C=O) groups is 1. The first-order valence-electron chi connectivity index (χ1n) is 3.74. The standard InChI is InChI=1S/C7H15NO3/c1-3-11-5-4-6(2)8-7(9)10/h6,8H,3-5H2,1-2H3,(H,9,10). The lowest BCUT2D eigenvalue weighted by Gasteiger charge is -2.10.